The maximum Gasteiger partial charge on any atom is 0.278 e. The Morgan fingerprint density at radius 1 is 1.06 bits per heavy atom. The van der Waals surface area contributed by atoms with Crippen molar-refractivity contribution in [1.82, 2.24) is 5.32 Å². The summed E-state index contributed by atoms with van der Waals surface area (Å²) in [6.45, 7) is 2.94. The highest BCUT2D eigenvalue weighted by atomic mass is 32.2. The molecular weight excluding hydrogens is 468 g/mol. The average Bonchev–Trinajstić information content (AvgIpc) is 3.61. The first-order chi connectivity index (χ1) is 16.5. The van der Waals surface area contributed by atoms with Gasteiger partial charge in [0.05, 0.1) is 11.4 Å². The molecule has 1 atom stereocenters. The van der Waals surface area contributed by atoms with Gasteiger partial charge < -0.3 is 14.8 Å². The van der Waals surface area contributed by atoms with Crippen molar-refractivity contribution >= 4 is 32.7 Å². The van der Waals surface area contributed by atoms with Gasteiger partial charge in [0.25, 0.3) is 10.0 Å². The van der Waals surface area contributed by atoms with Gasteiger partial charge in [0.15, 0.2) is 11.5 Å². The minimum Gasteiger partial charge on any atom is -0.454 e. The van der Waals surface area contributed by atoms with Crippen molar-refractivity contribution in [2.75, 3.05) is 11.1 Å². The van der Waals surface area contributed by atoms with E-state index in [9.17, 15) is 8.42 Å². The third-order valence-electron chi connectivity index (χ3n) is 6.59. The molecule has 0 saturated heterocycles. The number of nitrogens with zero attached hydrogens (tertiary/aromatic N) is 1. The van der Waals surface area contributed by atoms with E-state index in [4.69, 9.17) is 9.47 Å². The highest BCUT2D eigenvalue weighted by molar-refractivity contribution is 7.95. The average molecular weight is 499 g/mol. The molecule has 1 aliphatic carbocycles. The van der Waals surface area contributed by atoms with Crippen molar-refractivity contribution in [1.29, 1.82) is 0 Å². The van der Waals surface area contributed by atoms with Crippen LogP contribution in [0.4, 0.5) is 11.4 Å². The zero-order valence-corrected chi connectivity index (χ0v) is 20.9. The maximum atomic E-state index is 13.9. The largest absolute Gasteiger partial charge is 0.454 e. The highest BCUT2D eigenvalue weighted by Gasteiger charge is 2.31. The van der Waals surface area contributed by atoms with Gasteiger partial charge in [-0.05, 0) is 54.5 Å². The van der Waals surface area contributed by atoms with Gasteiger partial charge in [-0.25, -0.2) is 4.31 Å². The maximum absolute atomic E-state index is 13.9. The summed E-state index contributed by atoms with van der Waals surface area (Å²) in [6, 6.07) is 16.7. The fraction of sp³-hybridized carbons (Fsp3) is 0.385. The third kappa shape index (κ3) is 4.80. The fourth-order valence-corrected chi connectivity index (χ4v) is 7.47. The Morgan fingerprint density at radius 2 is 1.85 bits per heavy atom. The van der Waals surface area contributed by atoms with Gasteiger partial charge in [0, 0.05) is 18.7 Å². The topological polar surface area (TPSA) is 67.9 Å². The lowest BCUT2D eigenvalue weighted by Gasteiger charge is -2.27. The molecule has 1 aliphatic heterocycles. The summed E-state index contributed by atoms with van der Waals surface area (Å²) in [5, 5.41) is 5.42. The second kappa shape index (κ2) is 9.98. The Bertz CT molecular complexity index is 1220. The van der Waals surface area contributed by atoms with Crippen LogP contribution in [0, 0.1) is 5.92 Å². The zero-order valence-electron chi connectivity index (χ0n) is 19.3. The van der Waals surface area contributed by atoms with Crippen LogP contribution >= 0.6 is 11.3 Å². The molecule has 0 spiro atoms. The standard InChI is InChI=1S/C26H30N2O4S2/c1-19(15-20-7-2-3-8-20)27-17-21-9-4-5-10-23(21)28(34(29,30)26-11-6-14-33-26)22-12-13-24-25(16-22)32-18-31-24/h4-6,9-14,16,19-20,27H,2-3,7-8,15,17-18H2,1H3/t19-/m0/s1. The van der Waals surface area contributed by atoms with E-state index in [1.807, 2.05) is 24.3 Å². The second-order valence-electron chi connectivity index (χ2n) is 9.04. The van der Waals surface area contributed by atoms with E-state index in [1.165, 1.54) is 41.3 Å². The number of sulfonamides is 1. The minimum atomic E-state index is -3.83. The molecular formula is C26H30N2O4S2. The first-order valence-electron chi connectivity index (χ1n) is 11.8. The molecule has 34 heavy (non-hydrogen) atoms. The van der Waals surface area contributed by atoms with Crippen LogP contribution in [0.2, 0.25) is 0 Å². The molecule has 2 aliphatic rings. The number of benzene rings is 2. The summed E-state index contributed by atoms with van der Waals surface area (Å²) in [5.74, 6) is 1.96. The molecule has 3 aromatic rings. The van der Waals surface area contributed by atoms with Crippen LogP contribution < -0.4 is 19.1 Å². The van der Waals surface area contributed by atoms with Gasteiger partial charge in [-0.15, -0.1) is 11.3 Å². The molecule has 2 heterocycles. The molecule has 0 amide bonds. The monoisotopic (exact) mass is 498 g/mol. The Balaban J connectivity index is 1.48. The summed E-state index contributed by atoms with van der Waals surface area (Å²) in [5.41, 5.74) is 2.08. The molecule has 180 valence electrons. The summed E-state index contributed by atoms with van der Waals surface area (Å²) in [7, 11) is -3.83. The Labute approximate surface area is 205 Å². The molecule has 5 rings (SSSR count). The Hall–Kier alpha value is -2.55. The number of thiophene rings is 1. The minimum absolute atomic E-state index is 0.135. The van der Waals surface area contributed by atoms with Gasteiger partial charge in [0.1, 0.15) is 4.21 Å². The highest BCUT2D eigenvalue weighted by Crippen LogP contribution is 2.41. The lowest BCUT2D eigenvalue weighted by atomic mass is 9.99. The Kier molecular flexibility index (Phi) is 6.81. The molecule has 0 bridgehead atoms. The van der Waals surface area contributed by atoms with E-state index < -0.39 is 10.0 Å². The number of nitrogens with one attached hydrogen (secondary N) is 1. The smallest absolute Gasteiger partial charge is 0.278 e. The molecule has 1 N–H and O–H groups in total. The normalized spacial score (nSPS) is 16.6. The number of anilines is 2. The zero-order chi connectivity index (χ0) is 23.5. The van der Waals surface area contributed by atoms with Crippen molar-refractivity contribution in [3.05, 3.63) is 65.5 Å². The molecule has 1 aromatic heterocycles. The number of para-hydroxylation sites is 1. The van der Waals surface area contributed by atoms with E-state index >= 15 is 0 Å². The molecule has 6 nitrogen and oxygen atoms in total. The van der Waals surface area contributed by atoms with Crippen molar-refractivity contribution in [2.45, 2.75) is 55.8 Å². The van der Waals surface area contributed by atoms with Crippen LogP contribution in [0.25, 0.3) is 0 Å². The van der Waals surface area contributed by atoms with Gasteiger partial charge >= 0.3 is 0 Å². The van der Waals surface area contributed by atoms with E-state index in [1.54, 1.807) is 35.7 Å². The third-order valence-corrected chi connectivity index (χ3v) is 9.71. The van der Waals surface area contributed by atoms with E-state index in [2.05, 4.69) is 12.2 Å². The van der Waals surface area contributed by atoms with Gasteiger partial charge in [-0.1, -0.05) is 49.9 Å². The molecule has 0 unspecified atom stereocenters. The number of hydrogen-bond acceptors (Lipinski definition) is 6. The first kappa shape index (κ1) is 23.2. The summed E-state index contributed by atoms with van der Waals surface area (Å²) in [4.78, 5) is 0. The van der Waals surface area contributed by atoms with Crippen LogP contribution in [0.5, 0.6) is 11.5 Å². The Morgan fingerprint density at radius 3 is 2.65 bits per heavy atom. The van der Waals surface area contributed by atoms with Crippen LogP contribution in [-0.4, -0.2) is 21.3 Å². The molecule has 1 saturated carbocycles. The fourth-order valence-electron chi connectivity index (χ4n) is 4.89. The summed E-state index contributed by atoms with van der Waals surface area (Å²) < 4.78 is 40.4. The molecule has 1 fully saturated rings. The van der Waals surface area contributed by atoms with Gasteiger partial charge in [-0.2, -0.15) is 8.42 Å². The lowest BCUT2D eigenvalue weighted by Crippen LogP contribution is -2.30. The summed E-state index contributed by atoms with van der Waals surface area (Å²) in [6.07, 6.45) is 6.47. The van der Waals surface area contributed by atoms with Gasteiger partial charge in [0.2, 0.25) is 6.79 Å². The van der Waals surface area contributed by atoms with Crippen molar-refractivity contribution < 1.29 is 17.9 Å². The van der Waals surface area contributed by atoms with E-state index in [0.29, 0.717) is 39.7 Å². The number of ether oxygens (including phenoxy) is 2. The second-order valence-corrected chi connectivity index (χ2v) is 12.0. The number of fused-ring (bicyclic) bond motifs is 1. The quantitative estimate of drug-likeness (QED) is 0.388. The first-order valence-corrected chi connectivity index (χ1v) is 14.1. The number of hydrogen-bond donors (Lipinski definition) is 1. The van der Waals surface area contributed by atoms with Crippen LogP contribution in [0.3, 0.4) is 0 Å². The number of rotatable bonds is 9. The SMILES string of the molecule is C[C@@H](CC1CCCC1)NCc1ccccc1N(c1ccc2c(c1)OCO2)S(=O)(=O)c1cccs1. The van der Waals surface area contributed by atoms with Crippen LogP contribution in [0.1, 0.15) is 44.6 Å². The van der Waals surface area contributed by atoms with E-state index in [0.717, 1.165) is 17.9 Å². The van der Waals surface area contributed by atoms with Gasteiger partial charge in [-0.3, -0.25) is 0 Å². The molecule has 0 radical (unpaired) electrons. The van der Waals surface area contributed by atoms with E-state index in [-0.39, 0.29) is 6.79 Å². The lowest BCUT2D eigenvalue weighted by molar-refractivity contribution is 0.174. The predicted octanol–water partition coefficient (Wildman–Crippen LogP) is 6.06. The van der Waals surface area contributed by atoms with Crippen molar-refractivity contribution in [3.63, 3.8) is 0 Å². The molecule has 2 aromatic carbocycles. The van der Waals surface area contributed by atoms with Crippen molar-refractivity contribution in [2.24, 2.45) is 5.92 Å². The molecule has 8 heteroatoms. The predicted molar refractivity (Wildman–Crippen MR) is 136 cm³/mol. The van der Waals surface area contributed by atoms with Crippen molar-refractivity contribution in [3.8, 4) is 11.5 Å². The van der Waals surface area contributed by atoms with Crippen LogP contribution in [0.15, 0.2) is 64.2 Å². The summed E-state index contributed by atoms with van der Waals surface area (Å²) >= 11 is 1.21. The van der Waals surface area contributed by atoms with Crippen LogP contribution in [-0.2, 0) is 16.6 Å².